The molecule has 0 saturated carbocycles. The van der Waals surface area contributed by atoms with Gasteiger partial charge in [-0.3, -0.25) is 4.57 Å². The summed E-state index contributed by atoms with van der Waals surface area (Å²) >= 11 is 5.89. The van der Waals surface area contributed by atoms with Gasteiger partial charge in [-0.15, -0.1) is 0 Å². The molecule has 0 bridgehead atoms. The lowest BCUT2D eigenvalue weighted by Gasteiger charge is -2.01. The molecular formula is C16H14ClO3P. The summed E-state index contributed by atoms with van der Waals surface area (Å²) in [6.07, 6.45) is 2.63. The van der Waals surface area contributed by atoms with Crippen molar-refractivity contribution in [3.05, 3.63) is 84.8 Å². The third-order valence-corrected chi connectivity index (χ3v) is 4.16. The van der Waals surface area contributed by atoms with Crippen LogP contribution in [0.4, 0.5) is 0 Å². The van der Waals surface area contributed by atoms with Gasteiger partial charge in [-0.05, 0) is 35.5 Å². The average Bonchev–Trinajstić information content (AvgIpc) is 2.49. The Hall–Kier alpha value is -1.96. The zero-order valence-electron chi connectivity index (χ0n) is 11.1. The van der Waals surface area contributed by atoms with E-state index in [0.29, 0.717) is 11.5 Å². The van der Waals surface area contributed by atoms with E-state index in [1.165, 1.54) is 24.2 Å². The Labute approximate surface area is 128 Å². The fourth-order valence-corrected chi connectivity index (χ4v) is 2.26. The zero-order valence-corrected chi connectivity index (χ0v) is 12.8. The van der Waals surface area contributed by atoms with Crippen LogP contribution < -0.4 is 9.47 Å². The third kappa shape index (κ3) is 5.90. The van der Waals surface area contributed by atoms with E-state index >= 15 is 0 Å². The molecule has 108 valence electrons. The Morgan fingerprint density at radius 2 is 1.14 bits per heavy atom. The van der Waals surface area contributed by atoms with Gasteiger partial charge in [0.1, 0.15) is 11.5 Å². The first-order chi connectivity index (χ1) is 10.2. The largest absolute Gasteiger partial charge is 0.465 e. The SMILES string of the molecule is O=P(Cl)(C=COc1ccccc1)C=COc1ccccc1. The van der Waals surface area contributed by atoms with Gasteiger partial charge in [-0.1, -0.05) is 36.4 Å². The zero-order chi connectivity index (χ0) is 15.0. The Balaban J connectivity index is 1.88. The van der Waals surface area contributed by atoms with Crippen LogP contribution in [0.15, 0.2) is 84.8 Å². The number of halogens is 1. The minimum Gasteiger partial charge on any atom is -0.465 e. The first-order valence-electron chi connectivity index (χ1n) is 6.24. The van der Waals surface area contributed by atoms with Crippen LogP contribution in [0.3, 0.4) is 0 Å². The molecule has 2 aromatic rings. The Morgan fingerprint density at radius 3 is 1.52 bits per heavy atom. The molecule has 0 heterocycles. The number of ether oxygens (including phenoxy) is 2. The normalized spacial score (nSPS) is 14.1. The molecule has 0 aliphatic heterocycles. The third-order valence-electron chi connectivity index (χ3n) is 2.42. The molecule has 0 amide bonds. The van der Waals surface area contributed by atoms with E-state index in [0.717, 1.165) is 0 Å². The summed E-state index contributed by atoms with van der Waals surface area (Å²) in [6.45, 7) is -3.11. The topological polar surface area (TPSA) is 35.5 Å². The Bertz CT molecular complexity index is 598. The van der Waals surface area contributed by atoms with E-state index in [2.05, 4.69) is 0 Å². The second-order valence-corrected chi connectivity index (χ2v) is 7.49. The molecule has 0 N–H and O–H groups in total. The average molecular weight is 321 g/mol. The summed E-state index contributed by atoms with van der Waals surface area (Å²) in [5.74, 6) is 3.92. The highest BCUT2D eigenvalue weighted by Gasteiger charge is 2.09. The molecule has 0 aliphatic carbocycles. The highest BCUT2D eigenvalue weighted by molar-refractivity contribution is 7.93. The van der Waals surface area contributed by atoms with E-state index in [1.54, 1.807) is 24.3 Å². The van der Waals surface area contributed by atoms with Crippen molar-refractivity contribution >= 4 is 17.7 Å². The summed E-state index contributed by atoms with van der Waals surface area (Å²) in [5.41, 5.74) is 0. The predicted molar refractivity (Wildman–Crippen MR) is 85.9 cm³/mol. The molecular weight excluding hydrogens is 307 g/mol. The number of rotatable bonds is 6. The van der Waals surface area contributed by atoms with Gasteiger partial charge >= 0.3 is 0 Å². The summed E-state index contributed by atoms with van der Waals surface area (Å²) in [7, 11) is 0. The first-order valence-corrected chi connectivity index (χ1v) is 8.99. The molecule has 0 atom stereocenters. The molecule has 3 nitrogen and oxygen atoms in total. The van der Waals surface area contributed by atoms with E-state index in [4.69, 9.17) is 20.7 Å². The van der Waals surface area contributed by atoms with E-state index in [1.807, 2.05) is 36.4 Å². The number of para-hydroxylation sites is 2. The van der Waals surface area contributed by atoms with Crippen molar-refractivity contribution in [3.63, 3.8) is 0 Å². The van der Waals surface area contributed by atoms with E-state index < -0.39 is 6.49 Å². The highest BCUT2D eigenvalue weighted by atomic mass is 35.7. The maximum atomic E-state index is 12.0. The van der Waals surface area contributed by atoms with Crippen LogP contribution in [-0.2, 0) is 4.57 Å². The maximum Gasteiger partial charge on any atom is 0.217 e. The fourth-order valence-electron chi connectivity index (χ4n) is 1.43. The van der Waals surface area contributed by atoms with Crippen LogP contribution in [-0.4, -0.2) is 0 Å². The number of benzene rings is 2. The minimum absolute atomic E-state index is 0.648. The van der Waals surface area contributed by atoms with E-state index in [9.17, 15) is 4.57 Å². The summed E-state index contributed by atoms with van der Waals surface area (Å²) in [6, 6.07) is 18.3. The van der Waals surface area contributed by atoms with Crippen molar-refractivity contribution in [2.24, 2.45) is 0 Å². The van der Waals surface area contributed by atoms with Gasteiger partial charge in [-0.2, -0.15) is 0 Å². The lowest BCUT2D eigenvalue weighted by atomic mass is 10.3. The lowest BCUT2D eigenvalue weighted by Crippen LogP contribution is -1.81. The molecule has 0 fully saturated rings. The molecule has 0 radical (unpaired) electrons. The number of hydrogen-bond donors (Lipinski definition) is 0. The molecule has 0 saturated heterocycles. The van der Waals surface area contributed by atoms with E-state index in [-0.39, 0.29) is 0 Å². The highest BCUT2D eigenvalue weighted by Crippen LogP contribution is 2.54. The van der Waals surface area contributed by atoms with Crippen LogP contribution in [0.1, 0.15) is 0 Å². The quantitative estimate of drug-likeness (QED) is 0.513. The van der Waals surface area contributed by atoms with Gasteiger partial charge < -0.3 is 9.47 Å². The molecule has 0 aliphatic rings. The van der Waals surface area contributed by atoms with Crippen LogP contribution in [0.5, 0.6) is 11.5 Å². The van der Waals surface area contributed by atoms with Crippen LogP contribution in [0.2, 0.25) is 0 Å². The standard InChI is InChI=1S/C16H14ClO3P/c17-21(18,13-11-19-15-7-3-1-4-8-15)14-12-20-16-9-5-2-6-10-16/h1-14H. The lowest BCUT2D eigenvalue weighted by molar-refractivity contribution is 0.480. The smallest absolute Gasteiger partial charge is 0.217 e. The molecule has 21 heavy (non-hydrogen) atoms. The minimum atomic E-state index is -3.11. The Kier molecular flexibility index (Phi) is 5.68. The van der Waals surface area contributed by atoms with Gasteiger partial charge in [0.25, 0.3) is 0 Å². The van der Waals surface area contributed by atoms with Crippen LogP contribution >= 0.6 is 17.7 Å². The molecule has 0 spiro atoms. The fraction of sp³-hybridized carbons (Fsp3) is 0. The molecule has 0 aromatic heterocycles. The summed E-state index contributed by atoms with van der Waals surface area (Å²) in [4.78, 5) is 0. The molecule has 0 unspecified atom stereocenters. The van der Waals surface area contributed by atoms with Gasteiger partial charge in [0.15, 0.2) is 0 Å². The van der Waals surface area contributed by atoms with Crippen molar-refractivity contribution in [1.82, 2.24) is 0 Å². The summed E-state index contributed by atoms with van der Waals surface area (Å²) < 4.78 is 22.6. The van der Waals surface area contributed by atoms with Gasteiger partial charge in [0.2, 0.25) is 6.49 Å². The van der Waals surface area contributed by atoms with Crippen molar-refractivity contribution in [3.8, 4) is 11.5 Å². The monoisotopic (exact) mass is 320 g/mol. The molecule has 2 rings (SSSR count). The van der Waals surface area contributed by atoms with Gasteiger partial charge in [0.05, 0.1) is 12.5 Å². The van der Waals surface area contributed by atoms with Gasteiger partial charge in [-0.25, -0.2) is 0 Å². The molecule has 2 aromatic carbocycles. The maximum absolute atomic E-state index is 12.0. The summed E-state index contributed by atoms with van der Waals surface area (Å²) in [5, 5.41) is 0. The van der Waals surface area contributed by atoms with Crippen molar-refractivity contribution in [2.45, 2.75) is 0 Å². The molecule has 5 heteroatoms. The predicted octanol–water partition coefficient (Wildman–Crippen LogP) is 5.60. The first kappa shape index (κ1) is 15.4. The second-order valence-electron chi connectivity index (χ2n) is 4.06. The van der Waals surface area contributed by atoms with Crippen LogP contribution in [0, 0.1) is 0 Å². The van der Waals surface area contributed by atoms with Gasteiger partial charge in [0, 0.05) is 11.6 Å². The van der Waals surface area contributed by atoms with Crippen molar-refractivity contribution in [2.75, 3.05) is 0 Å². The number of hydrogen-bond acceptors (Lipinski definition) is 3. The second kappa shape index (κ2) is 7.72. The van der Waals surface area contributed by atoms with Crippen molar-refractivity contribution < 1.29 is 14.0 Å². The van der Waals surface area contributed by atoms with Crippen LogP contribution in [0.25, 0.3) is 0 Å². The van der Waals surface area contributed by atoms with Crippen molar-refractivity contribution in [1.29, 1.82) is 0 Å². The Morgan fingerprint density at radius 1 is 0.762 bits per heavy atom.